The Morgan fingerprint density at radius 2 is 1.86 bits per heavy atom. The van der Waals surface area contributed by atoms with Crippen LogP contribution in [0.1, 0.15) is 5.56 Å². The fourth-order valence-corrected chi connectivity index (χ4v) is 2.16. The van der Waals surface area contributed by atoms with E-state index >= 15 is 0 Å². The van der Waals surface area contributed by atoms with Crippen LogP contribution in [0.4, 0.5) is 5.69 Å². The van der Waals surface area contributed by atoms with Gasteiger partial charge in [-0.15, -0.1) is 0 Å². The van der Waals surface area contributed by atoms with Crippen molar-refractivity contribution in [1.82, 2.24) is 0 Å². The molecular formula is C16H17Cl2NO2. The zero-order valence-electron chi connectivity index (χ0n) is 11.4. The monoisotopic (exact) mass is 325 g/mol. The largest absolute Gasteiger partial charge is 0.389 e. The molecule has 0 spiro atoms. The van der Waals surface area contributed by atoms with Gasteiger partial charge in [-0.2, -0.15) is 0 Å². The van der Waals surface area contributed by atoms with E-state index in [2.05, 4.69) is 5.32 Å². The minimum atomic E-state index is -0.622. The maximum Gasteiger partial charge on any atom is 0.0945 e. The van der Waals surface area contributed by atoms with Crippen LogP contribution >= 0.6 is 23.2 Å². The van der Waals surface area contributed by atoms with Gasteiger partial charge in [-0.1, -0.05) is 53.5 Å². The molecule has 0 fully saturated rings. The Bertz CT molecular complexity index is 563. The van der Waals surface area contributed by atoms with Crippen molar-refractivity contribution in [3.63, 3.8) is 0 Å². The molecule has 2 rings (SSSR count). The average molecular weight is 326 g/mol. The van der Waals surface area contributed by atoms with Gasteiger partial charge in [0.05, 0.1) is 30.0 Å². The standard InChI is InChI=1S/C16H17Cl2NO2/c17-13-6-7-15(18)16(8-13)19-9-14(20)11-21-10-12-4-2-1-3-5-12/h1-8,14,19-20H,9-11H2. The number of aliphatic hydroxyl groups is 1. The van der Waals surface area contributed by atoms with Gasteiger partial charge in [0, 0.05) is 11.6 Å². The average Bonchev–Trinajstić information content (AvgIpc) is 2.49. The van der Waals surface area contributed by atoms with Crippen molar-refractivity contribution in [1.29, 1.82) is 0 Å². The number of hydrogen-bond donors (Lipinski definition) is 2. The molecule has 3 nitrogen and oxygen atoms in total. The molecule has 2 aromatic rings. The quantitative estimate of drug-likeness (QED) is 0.808. The topological polar surface area (TPSA) is 41.5 Å². The summed E-state index contributed by atoms with van der Waals surface area (Å²) in [7, 11) is 0. The first-order valence-electron chi connectivity index (χ1n) is 6.64. The molecule has 21 heavy (non-hydrogen) atoms. The van der Waals surface area contributed by atoms with Gasteiger partial charge in [-0.25, -0.2) is 0 Å². The van der Waals surface area contributed by atoms with Crippen molar-refractivity contribution in [3.05, 3.63) is 64.1 Å². The van der Waals surface area contributed by atoms with E-state index in [1.165, 1.54) is 0 Å². The van der Waals surface area contributed by atoms with Crippen LogP contribution in [-0.4, -0.2) is 24.4 Å². The summed E-state index contributed by atoms with van der Waals surface area (Å²) in [5.41, 5.74) is 1.78. The summed E-state index contributed by atoms with van der Waals surface area (Å²) in [6, 6.07) is 15.0. The van der Waals surface area contributed by atoms with E-state index < -0.39 is 6.10 Å². The third-order valence-corrected chi connectivity index (χ3v) is 3.44. The molecule has 0 aliphatic carbocycles. The fourth-order valence-electron chi connectivity index (χ4n) is 1.81. The zero-order chi connectivity index (χ0) is 15.1. The molecule has 2 N–H and O–H groups in total. The van der Waals surface area contributed by atoms with Gasteiger partial charge >= 0.3 is 0 Å². The lowest BCUT2D eigenvalue weighted by atomic mass is 10.2. The van der Waals surface area contributed by atoms with Gasteiger partial charge in [-0.3, -0.25) is 0 Å². The summed E-state index contributed by atoms with van der Waals surface area (Å²) in [5, 5.41) is 14.1. The Balaban J connectivity index is 1.72. The van der Waals surface area contributed by atoms with E-state index in [1.54, 1.807) is 18.2 Å². The van der Waals surface area contributed by atoms with Crippen LogP contribution in [0.3, 0.4) is 0 Å². The van der Waals surface area contributed by atoms with Crippen molar-refractivity contribution in [2.75, 3.05) is 18.5 Å². The van der Waals surface area contributed by atoms with Crippen LogP contribution in [0.5, 0.6) is 0 Å². The van der Waals surface area contributed by atoms with Crippen LogP contribution in [0.2, 0.25) is 10.0 Å². The summed E-state index contributed by atoms with van der Waals surface area (Å²) >= 11 is 11.9. The van der Waals surface area contributed by atoms with Gasteiger partial charge in [-0.05, 0) is 23.8 Å². The molecule has 5 heteroatoms. The second-order valence-electron chi connectivity index (χ2n) is 4.66. The minimum Gasteiger partial charge on any atom is -0.389 e. The van der Waals surface area contributed by atoms with Crippen molar-refractivity contribution in [3.8, 4) is 0 Å². The predicted octanol–water partition coefficient (Wildman–Crippen LogP) is 3.98. The molecule has 0 aliphatic heterocycles. The smallest absolute Gasteiger partial charge is 0.0945 e. The Labute approximate surface area is 134 Å². The van der Waals surface area contributed by atoms with E-state index in [9.17, 15) is 5.11 Å². The molecule has 112 valence electrons. The zero-order valence-corrected chi connectivity index (χ0v) is 12.9. The normalized spacial score (nSPS) is 12.1. The third-order valence-electron chi connectivity index (χ3n) is 2.88. The predicted molar refractivity (Wildman–Crippen MR) is 87.1 cm³/mol. The van der Waals surface area contributed by atoms with Crippen LogP contribution in [0, 0.1) is 0 Å². The van der Waals surface area contributed by atoms with Gasteiger partial charge in [0.25, 0.3) is 0 Å². The van der Waals surface area contributed by atoms with Crippen LogP contribution < -0.4 is 5.32 Å². The number of nitrogens with one attached hydrogen (secondary N) is 1. The highest BCUT2D eigenvalue weighted by Gasteiger charge is 2.07. The van der Waals surface area contributed by atoms with Crippen molar-refractivity contribution < 1.29 is 9.84 Å². The first kappa shape index (κ1) is 16.1. The third kappa shape index (κ3) is 5.56. The summed E-state index contributed by atoms with van der Waals surface area (Å²) in [6.07, 6.45) is -0.622. The molecule has 0 saturated carbocycles. The molecule has 0 aromatic heterocycles. The molecule has 2 aromatic carbocycles. The highest BCUT2D eigenvalue weighted by molar-refractivity contribution is 6.35. The molecule has 0 saturated heterocycles. The maximum atomic E-state index is 9.89. The lowest BCUT2D eigenvalue weighted by Crippen LogP contribution is -2.24. The van der Waals surface area contributed by atoms with Crippen molar-refractivity contribution in [2.24, 2.45) is 0 Å². The number of rotatable bonds is 7. The van der Waals surface area contributed by atoms with E-state index in [0.717, 1.165) is 5.56 Å². The van der Waals surface area contributed by atoms with Gasteiger partial charge in [0.15, 0.2) is 0 Å². The number of hydrogen-bond acceptors (Lipinski definition) is 3. The summed E-state index contributed by atoms with van der Waals surface area (Å²) in [6.45, 7) is 1.07. The van der Waals surface area contributed by atoms with E-state index in [4.69, 9.17) is 27.9 Å². The number of aliphatic hydroxyl groups excluding tert-OH is 1. The van der Waals surface area contributed by atoms with Crippen LogP contribution in [0.25, 0.3) is 0 Å². The first-order valence-corrected chi connectivity index (χ1v) is 7.39. The summed E-state index contributed by atoms with van der Waals surface area (Å²) in [4.78, 5) is 0. The Hall–Kier alpha value is -1.26. The highest BCUT2D eigenvalue weighted by atomic mass is 35.5. The Kier molecular flexibility index (Phi) is 6.33. The molecule has 0 bridgehead atoms. The summed E-state index contributed by atoms with van der Waals surface area (Å²) in [5.74, 6) is 0. The molecule has 0 heterocycles. The van der Waals surface area contributed by atoms with Crippen molar-refractivity contribution in [2.45, 2.75) is 12.7 Å². The first-order chi connectivity index (χ1) is 10.1. The molecule has 0 aliphatic rings. The summed E-state index contributed by atoms with van der Waals surface area (Å²) < 4.78 is 5.47. The minimum absolute atomic E-state index is 0.250. The number of halogens is 2. The van der Waals surface area contributed by atoms with Gasteiger partial charge in [0.1, 0.15) is 0 Å². The number of ether oxygens (including phenoxy) is 1. The van der Waals surface area contributed by atoms with Gasteiger partial charge < -0.3 is 15.2 Å². The Morgan fingerprint density at radius 3 is 2.62 bits per heavy atom. The highest BCUT2D eigenvalue weighted by Crippen LogP contribution is 2.25. The number of benzene rings is 2. The molecule has 1 unspecified atom stereocenters. The molecule has 1 atom stereocenters. The van der Waals surface area contributed by atoms with E-state index in [0.29, 0.717) is 28.9 Å². The van der Waals surface area contributed by atoms with Gasteiger partial charge in [0.2, 0.25) is 0 Å². The fraction of sp³-hybridized carbons (Fsp3) is 0.250. The lowest BCUT2D eigenvalue weighted by molar-refractivity contribution is 0.0348. The van der Waals surface area contributed by atoms with Crippen molar-refractivity contribution >= 4 is 28.9 Å². The second kappa shape index (κ2) is 8.25. The Morgan fingerprint density at radius 1 is 1.10 bits per heavy atom. The van der Waals surface area contributed by atoms with Crippen LogP contribution in [0.15, 0.2) is 48.5 Å². The van der Waals surface area contributed by atoms with Crippen LogP contribution in [-0.2, 0) is 11.3 Å². The maximum absolute atomic E-state index is 9.89. The van der Waals surface area contributed by atoms with E-state index in [-0.39, 0.29) is 6.61 Å². The lowest BCUT2D eigenvalue weighted by Gasteiger charge is -2.14. The molecular weight excluding hydrogens is 309 g/mol. The number of anilines is 1. The van der Waals surface area contributed by atoms with E-state index in [1.807, 2.05) is 30.3 Å². The molecule has 0 radical (unpaired) electrons. The SMILES string of the molecule is OC(CNc1cc(Cl)ccc1Cl)COCc1ccccc1. The molecule has 0 amide bonds. The second-order valence-corrected chi connectivity index (χ2v) is 5.50.